The summed E-state index contributed by atoms with van der Waals surface area (Å²) in [6.07, 6.45) is -0.0917. The van der Waals surface area contributed by atoms with E-state index >= 15 is 0 Å². The second kappa shape index (κ2) is 8.41. The van der Waals surface area contributed by atoms with Gasteiger partial charge in [0.2, 0.25) is 0 Å². The Kier molecular flexibility index (Phi) is 6.79. The van der Waals surface area contributed by atoms with Gasteiger partial charge < -0.3 is 4.90 Å². The monoisotopic (exact) mass is 354 g/mol. The highest BCUT2D eigenvalue weighted by Gasteiger charge is 2.33. The Morgan fingerprint density at radius 2 is 1.96 bits per heavy atom. The van der Waals surface area contributed by atoms with Gasteiger partial charge in [0.05, 0.1) is 5.92 Å². The van der Waals surface area contributed by atoms with Gasteiger partial charge in [-0.3, -0.25) is 9.69 Å². The first-order valence-corrected chi connectivity index (χ1v) is 8.99. The number of hydrogen-bond acceptors (Lipinski definition) is 3. The highest BCUT2D eigenvalue weighted by Crippen LogP contribution is 2.26. The van der Waals surface area contributed by atoms with Crippen molar-refractivity contribution in [2.45, 2.75) is 38.4 Å². The van der Waals surface area contributed by atoms with Crippen LogP contribution in [0.1, 0.15) is 31.7 Å². The number of hydrogen-bond donors (Lipinski definition) is 0. The number of likely N-dealkylation sites (tertiary alicyclic amines) is 1. The van der Waals surface area contributed by atoms with Crippen LogP contribution in [0, 0.1) is 5.92 Å². The van der Waals surface area contributed by atoms with Gasteiger partial charge in [-0.15, -0.1) is 0 Å². The Labute approximate surface area is 149 Å². The molecular formula is C19H28ClFN2O. The van der Waals surface area contributed by atoms with Gasteiger partial charge in [-0.25, -0.2) is 4.39 Å². The number of Topliss-reactive ketones (excluding diaryl/α,β-unsaturated/α-hetero) is 1. The summed E-state index contributed by atoms with van der Waals surface area (Å²) in [5, 5.41) is 0.658. The molecule has 3 unspecified atom stereocenters. The van der Waals surface area contributed by atoms with Gasteiger partial charge in [-0.2, -0.15) is 0 Å². The van der Waals surface area contributed by atoms with Crippen molar-refractivity contribution in [2.24, 2.45) is 5.92 Å². The van der Waals surface area contributed by atoms with Gasteiger partial charge >= 0.3 is 0 Å². The lowest BCUT2D eigenvalue weighted by Gasteiger charge is -2.39. The van der Waals surface area contributed by atoms with Crippen molar-refractivity contribution in [3.05, 3.63) is 34.9 Å². The van der Waals surface area contributed by atoms with E-state index in [1.165, 1.54) is 0 Å². The first-order valence-electron chi connectivity index (χ1n) is 8.61. The van der Waals surface area contributed by atoms with Crippen molar-refractivity contribution in [1.29, 1.82) is 0 Å². The third-order valence-corrected chi connectivity index (χ3v) is 5.13. The highest BCUT2D eigenvalue weighted by molar-refractivity contribution is 6.30. The zero-order valence-electron chi connectivity index (χ0n) is 15.0. The summed E-state index contributed by atoms with van der Waals surface area (Å²) in [7, 11) is 3.84. The largest absolute Gasteiger partial charge is 0.303 e. The molecule has 0 amide bonds. The number of carbonyl (C=O) groups is 1. The van der Waals surface area contributed by atoms with Crippen LogP contribution in [0.4, 0.5) is 4.39 Å². The standard InChI is InChI=1S/C19H28ClFN2O/c1-13(2)19(24)16(14-5-7-15(20)8-6-14)11-23-10-9-18(22(3)4)17(21)12-23/h5-8,13,16-18H,9-12H2,1-4H3. The van der Waals surface area contributed by atoms with Crippen LogP contribution in [0.2, 0.25) is 5.02 Å². The summed E-state index contributed by atoms with van der Waals surface area (Å²) in [6, 6.07) is 7.41. The summed E-state index contributed by atoms with van der Waals surface area (Å²) in [5.41, 5.74) is 0.961. The molecule has 0 radical (unpaired) electrons. The fourth-order valence-corrected chi connectivity index (χ4v) is 3.54. The van der Waals surface area contributed by atoms with E-state index in [1.807, 2.05) is 57.1 Å². The van der Waals surface area contributed by atoms with Crippen LogP contribution in [-0.2, 0) is 4.79 Å². The van der Waals surface area contributed by atoms with E-state index in [0.29, 0.717) is 18.1 Å². The Bertz CT molecular complexity index is 547. The maximum absolute atomic E-state index is 14.4. The number of alkyl halides is 1. The van der Waals surface area contributed by atoms with Crippen LogP contribution < -0.4 is 0 Å². The Hall–Kier alpha value is -0.970. The van der Waals surface area contributed by atoms with Crippen LogP contribution >= 0.6 is 11.6 Å². The molecule has 0 spiro atoms. The van der Waals surface area contributed by atoms with Crippen molar-refractivity contribution < 1.29 is 9.18 Å². The summed E-state index contributed by atoms with van der Waals surface area (Å²) in [6.45, 7) is 5.61. The minimum absolute atomic E-state index is 0.0315. The van der Waals surface area contributed by atoms with Gasteiger partial charge in [-0.05, 0) is 44.8 Å². The molecule has 2 rings (SSSR count). The van der Waals surface area contributed by atoms with Gasteiger partial charge in [-0.1, -0.05) is 37.6 Å². The van der Waals surface area contributed by atoms with E-state index in [4.69, 9.17) is 11.6 Å². The van der Waals surface area contributed by atoms with Gasteiger partial charge in [0, 0.05) is 30.1 Å². The Morgan fingerprint density at radius 1 is 1.33 bits per heavy atom. The molecule has 0 aromatic heterocycles. The molecule has 1 saturated heterocycles. The Balaban J connectivity index is 2.12. The molecule has 0 bridgehead atoms. The van der Waals surface area contributed by atoms with Gasteiger partial charge in [0.15, 0.2) is 0 Å². The van der Waals surface area contributed by atoms with Crippen LogP contribution in [0.15, 0.2) is 24.3 Å². The average Bonchev–Trinajstić information content (AvgIpc) is 2.52. The molecule has 0 aliphatic carbocycles. The van der Waals surface area contributed by atoms with Crippen LogP contribution in [-0.4, -0.2) is 61.5 Å². The molecule has 134 valence electrons. The van der Waals surface area contributed by atoms with Crippen molar-refractivity contribution in [3.8, 4) is 0 Å². The molecule has 0 N–H and O–H groups in total. The lowest BCUT2D eigenvalue weighted by molar-refractivity contribution is -0.124. The minimum Gasteiger partial charge on any atom is -0.303 e. The fraction of sp³-hybridized carbons (Fsp3) is 0.632. The van der Waals surface area contributed by atoms with Crippen molar-refractivity contribution in [2.75, 3.05) is 33.7 Å². The molecule has 1 aromatic rings. The summed E-state index contributed by atoms with van der Waals surface area (Å²) in [4.78, 5) is 16.7. The molecule has 1 heterocycles. The second-order valence-electron chi connectivity index (χ2n) is 7.26. The molecule has 3 atom stereocenters. The number of benzene rings is 1. The van der Waals surface area contributed by atoms with Crippen molar-refractivity contribution in [3.63, 3.8) is 0 Å². The van der Waals surface area contributed by atoms with E-state index in [0.717, 1.165) is 18.5 Å². The Morgan fingerprint density at radius 3 is 2.46 bits per heavy atom. The minimum atomic E-state index is -0.881. The van der Waals surface area contributed by atoms with Crippen LogP contribution in [0.3, 0.4) is 0 Å². The molecule has 1 aliphatic heterocycles. The van der Waals surface area contributed by atoms with E-state index < -0.39 is 6.17 Å². The maximum Gasteiger partial charge on any atom is 0.144 e. The molecule has 1 aliphatic rings. The first-order chi connectivity index (χ1) is 11.3. The predicted molar refractivity (Wildman–Crippen MR) is 97.5 cm³/mol. The van der Waals surface area contributed by atoms with E-state index in [2.05, 4.69) is 4.90 Å². The summed E-state index contributed by atoms with van der Waals surface area (Å²) < 4.78 is 14.4. The van der Waals surface area contributed by atoms with E-state index in [-0.39, 0.29) is 23.7 Å². The first kappa shape index (κ1) is 19.4. The van der Waals surface area contributed by atoms with Crippen molar-refractivity contribution in [1.82, 2.24) is 9.80 Å². The molecule has 3 nitrogen and oxygen atoms in total. The summed E-state index contributed by atoms with van der Waals surface area (Å²) in [5.74, 6) is -0.0843. The van der Waals surface area contributed by atoms with E-state index in [1.54, 1.807) is 0 Å². The third-order valence-electron chi connectivity index (χ3n) is 4.88. The van der Waals surface area contributed by atoms with Crippen LogP contribution in [0.25, 0.3) is 0 Å². The fourth-order valence-electron chi connectivity index (χ4n) is 3.42. The normalized spacial score (nSPS) is 23.7. The zero-order chi connectivity index (χ0) is 17.9. The second-order valence-corrected chi connectivity index (χ2v) is 7.69. The number of rotatable bonds is 6. The number of halogens is 2. The quantitative estimate of drug-likeness (QED) is 0.779. The van der Waals surface area contributed by atoms with Crippen LogP contribution in [0.5, 0.6) is 0 Å². The lowest BCUT2D eigenvalue weighted by Crippen LogP contribution is -2.51. The molecule has 0 saturated carbocycles. The topological polar surface area (TPSA) is 23.6 Å². The third kappa shape index (κ3) is 4.78. The maximum atomic E-state index is 14.4. The highest BCUT2D eigenvalue weighted by atomic mass is 35.5. The van der Waals surface area contributed by atoms with Gasteiger partial charge in [0.25, 0.3) is 0 Å². The van der Waals surface area contributed by atoms with Crippen molar-refractivity contribution >= 4 is 17.4 Å². The number of nitrogens with zero attached hydrogens (tertiary/aromatic N) is 2. The summed E-state index contributed by atoms with van der Waals surface area (Å²) >= 11 is 5.97. The number of piperidine rings is 1. The average molecular weight is 355 g/mol. The van der Waals surface area contributed by atoms with Gasteiger partial charge in [0.1, 0.15) is 12.0 Å². The smallest absolute Gasteiger partial charge is 0.144 e. The molecular weight excluding hydrogens is 327 g/mol. The lowest BCUT2D eigenvalue weighted by atomic mass is 9.87. The molecule has 1 fully saturated rings. The molecule has 24 heavy (non-hydrogen) atoms. The predicted octanol–water partition coefficient (Wildman–Crippen LogP) is 3.62. The molecule has 1 aromatic carbocycles. The number of ketones is 1. The van der Waals surface area contributed by atoms with E-state index in [9.17, 15) is 9.18 Å². The molecule has 5 heteroatoms. The zero-order valence-corrected chi connectivity index (χ0v) is 15.8. The SMILES string of the molecule is CC(C)C(=O)C(CN1CCC(N(C)C)C(F)C1)c1ccc(Cl)cc1. The number of carbonyl (C=O) groups excluding carboxylic acids is 1.